The van der Waals surface area contributed by atoms with E-state index in [0.29, 0.717) is 12.0 Å². The first-order chi connectivity index (χ1) is 10.3. The largest absolute Gasteiger partial charge is 0.308 e. The molecule has 0 spiro atoms. The molecule has 4 heteroatoms. The second-order valence-corrected chi connectivity index (χ2v) is 6.27. The Labute approximate surface area is 131 Å². The Morgan fingerprint density at radius 2 is 2.10 bits per heavy atom. The molecule has 1 heterocycles. The lowest BCUT2D eigenvalue weighted by molar-refractivity contribution is 0.281. The van der Waals surface area contributed by atoms with E-state index >= 15 is 0 Å². The molecule has 0 radical (unpaired) electrons. The van der Waals surface area contributed by atoms with Gasteiger partial charge in [-0.15, -0.1) is 11.6 Å². The number of aryl methyl sites for hydroxylation is 1. The van der Waals surface area contributed by atoms with Crippen LogP contribution in [-0.2, 0) is 13.1 Å². The molecule has 0 aliphatic heterocycles. The summed E-state index contributed by atoms with van der Waals surface area (Å²) in [4.78, 5) is 0. The smallest absolute Gasteiger partial charge is 0.0841 e. The Balaban J connectivity index is 1.75. The molecule has 1 fully saturated rings. The number of hydrogen-bond donors (Lipinski definition) is 1. The van der Waals surface area contributed by atoms with Crippen LogP contribution in [0.2, 0.25) is 0 Å². The van der Waals surface area contributed by atoms with Crippen LogP contribution >= 0.6 is 11.6 Å². The van der Waals surface area contributed by atoms with Gasteiger partial charge in [-0.05, 0) is 31.7 Å². The molecule has 1 aliphatic carbocycles. The molecule has 2 aromatic rings. The maximum atomic E-state index is 6.12. The first-order valence-electron chi connectivity index (χ1n) is 8.07. The van der Waals surface area contributed by atoms with Crippen LogP contribution in [0.1, 0.15) is 38.3 Å². The molecule has 3 nitrogen and oxygen atoms in total. The molecule has 1 aliphatic rings. The number of rotatable bonds is 5. The Bertz CT molecular complexity index is 593. The van der Waals surface area contributed by atoms with Gasteiger partial charge in [0.25, 0.3) is 0 Å². The van der Waals surface area contributed by atoms with Crippen molar-refractivity contribution >= 4 is 22.5 Å². The van der Waals surface area contributed by atoms with Gasteiger partial charge in [0.05, 0.1) is 11.2 Å². The van der Waals surface area contributed by atoms with Crippen LogP contribution < -0.4 is 5.32 Å². The highest BCUT2D eigenvalue weighted by Crippen LogP contribution is 2.26. The van der Waals surface area contributed by atoms with E-state index < -0.39 is 0 Å². The van der Waals surface area contributed by atoms with Gasteiger partial charge < -0.3 is 5.32 Å². The number of alkyl halides is 1. The molecule has 0 amide bonds. The molecule has 1 N–H and O–H groups in total. The second-order valence-electron chi connectivity index (χ2n) is 5.97. The van der Waals surface area contributed by atoms with Gasteiger partial charge in [0, 0.05) is 30.4 Å². The third kappa shape index (κ3) is 3.09. The summed E-state index contributed by atoms with van der Waals surface area (Å²) in [6, 6.07) is 9.04. The average Bonchev–Trinajstić information content (AvgIpc) is 2.91. The lowest BCUT2D eigenvalue weighted by Gasteiger charge is -2.30. The van der Waals surface area contributed by atoms with Gasteiger partial charge in [0.2, 0.25) is 0 Å². The zero-order valence-corrected chi connectivity index (χ0v) is 13.4. The molecule has 2 atom stereocenters. The molecule has 0 bridgehead atoms. The lowest BCUT2D eigenvalue weighted by Crippen LogP contribution is -2.39. The molecule has 0 saturated heterocycles. The van der Waals surface area contributed by atoms with Crippen molar-refractivity contribution < 1.29 is 0 Å². The summed E-state index contributed by atoms with van der Waals surface area (Å²) in [5.74, 6) is 1.38. The number of nitrogens with zero attached hydrogens (tertiary/aromatic N) is 2. The molecule has 114 valence electrons. The highest BCUT2D eigenvalue weighted by atomic mass is 35.5. The maximum absolute atomic E-state index is 6.12. The fourth-order valence-corrected chi connectivity index (χ4v) is 3.83. The van der Waals surface area contributed by atoms with Gasteiger partial charge in [-0.1, -0.05) is 31.0 Å². The average molecular weight is 306 g/mol. The number of aromatic nitrogens is 2. The van der Waals surface area contributed by atoms with Crippen LogP contribution in [0.4, 0.5) is 0 Å². The Morgan fingerprint density at radius 1 is 1.29 bits per heavy atom. The molecular weight excluding hydrogens is 282 g/mol. The van der Waals surface area contributed by atoms with Crippen molar-refractivity contribution in [1.29, 1.82) is 0 Å². The second kappa shape index (κ2) is 6.80. The Hall–Kier alpha value is -1.06. The normalized spacial score (nSPS) is 22.8. The van der Waals surface area contributed by atoms with Crippen molar-refractivity contribution in [3.8, 4) is 0 Å². The molecule has 2 unspecified atom stereocenters. The van der Waals surface area contributed by atoms with Crippen molar-refractivity contribution in [2.45, 2.75) is 51.7 Å². The SMILES string of the molecule is CCn1nc(CNC2CCCCC2CCl)c2ccccc21. The van der Waals surface area contributed by atoms with Gasteiger partial charge in [-0.25, -0.2) is 0 Å². The van der Waals surface area contributed by atoms with E-state index in [2.05, 4.69) is 41.2 Å². The summed E-state index contributed by atoms with van der Waals surface area (Å²) in [5.41, 5.74) is 2.39. The minimum atomic E-state index is 0.543. The fraction of sp³-hybridized carbons (Fsp3) is 0.588. The predicted octanol–water partition coefficient (Wildman–Crippen LogP) is 3.94. The first-order valence-corrected chi connectivity index (χ1v) is 8.60. The van der Waals surface area contributed by atoms with E-state index in [9.17, 15) is 0 Å². The molecular formula is C17H24ClN3. The summed E-state index contributed by atoms with van der Waals surface area (Å²) >= 11 is 6.12. The van der Waals surface area contributed by atoms with Crippen molar-refractivity contribution in [2.75, 3.05) is 5.88 Å². The molecule has 3 rings (SSSR count). The quantitative estimate of drug-likeness (QED) is 0.848. The lowest BCUT2D eigenvalue weighted by atomic mass is 9.86. The standard InChI is InChI=1S/C17H24ClN3/c1-2-21-17-10-6-4-8-14(17)16(20-21)12-19-15-9-5-3-7-13(15)11-18/h4,6,8,10,13,15,19H,2-3,5,7,9,11-12H2,1H3. The Kier molecular flexibility index (Phi) is 4.81. The number of para-hydroxylation sites is 1. The van der Waals surface area contributed by atoms with Crippen LogP contribution in [0.3, 0.4) is 0 Å². The van der Waals surface area contributed by atoms with Crippen LogP contribution in [-0.4, -0.2) is 21.7 Å². The van der Waals surface area contributed by atoms with Gasteiger partial charge in [0.1, 0.15) is 0 Å². The molecule has 1 saturated carbocycles. The van der Waals surface area contributed by atoms with Gasteiger partial charge in [0.15, 0.2) is 0 Å². The van der Waals surface area contributed by atoms with Gasteiger partial charge >= 0.3 is 0 Å². The van der Waals surface area contributed by atoms with E-state index in [0.717, 1.165) is 24.7 Å². The van der Waals surface area contributed by atoms with Crippen molar-refractivity contribution in [3.63, 3.8) is 0 Å². The van der Waals surface area contributed by atoms with Crippen LogP contribution in [0.5, 0.6) is 0 Å². The minimum absolute atomic E-state index is 0.543. The van der Waals surface area contributed by atoms with E-state index in [4.69, 9.17) is 16.7 Å². The monoisotopic (exact) mass is 305 g/mol. The van der Waals surface area contributed by atoms with Crippen LogP contribution in [0.25, 0.3) is 10.9 Å². The summed E-state index contributed by atoms with van der Waals surface area (Å²) in [7, 11) is 0. The molecule has 1 aromatic heterocycles. The number of nitrogens with one attached hydrogen (secondary N) is 1. The number of benzene rings is 1. The molecule has 1 aromatic carbocycles. The van der Waals surface area contributed by atoms with E-state index in [1.54, 1.807) is 0 Å². The first kappa shape index (κ1) is 14.9. The van der Waals surface area contributed by atoms with Crippen molar-refractivity contribution in [3.05, 3.63) is 30.0 Å². The van der Waals surface area contributed by atoms with Crippen molar-refractivity contribution in [2.24, 2.45) is 5.92 Å². The zero-order chi connectivity index (χ0) is 14.7. The topological polar surface area (TPSA) is 29.9 Å². The maximum Gasteiger partial charge on any atom is 0.0841 e. The summed E-state index contributed by atoms with van der Waals surface area (Å²) in [6.45, 7) is 3.89. The van der Waals surface area contributed by atoms with Gasteiger partial charge in [-0.3, -0.25) is 4.68 Å². The fourth-order valence-electron chi connectivity index (χ4n) is 3.46. The third-order valence-corrected chi connectivity index (χ3v) is 5.07. The number of fused-ring (bicyclic) bond motifs is 1. The number of hydrogen-bond acceptors (Lipinski definition) is 2. The van der Waals surface area contributed by atoms with Crippen LogP contribution in [0.15, 0.2) is 24.3 Å². The minimum Gasteiger partial charge on any atom is -0.308 e. The third-order valence-electron chi connectivity index (χ3n) is 4.67. The highest BCUT2D eigenvalue weighted by molar-refractivity contribution is 6.18. The van der Waals surface area contributed by atoms with Gasteiger partial charge in [-0.2, -0.15) is 5.10 Å². The van der Waals surface area contributed by atoms with Crippen molar-refractivity contribution in [1.82, 2.24) is 15.1 Å². The summed E-state index contributed by atoms with van der Waals surface area (Å²) in [6.07, 6.45) is 5.13. The summed E-state index contributed by atoms with van der Waals surface area (Å²) in [5, 5.41) is 9.74. The van der Waals surface area contributed by atoms with E-state index in [1.165, 1.54) is 36.6 Å². The van der Waals surface area contributed by atoms with E-state index in [-0.39, 0.29) is 0 Å². The summed E-state index contributed by atoms with van der Waals surface area (Å²) < 4.78 is 2.09. The van der Waals surface area contributed by atoms with Crippen LogP contribution in [0, 0.1) is 5.92 Å². The molecule has 21 heavy (non-hydrogen) atoms. The zero-order valence-electron chi connectivity index (χ0n) is 12.7. The Morgan fingerprint density at radius 3 is 2.90 bits per heavy atom. The number of halogens is 1. The highest BCUT2D eigenvalue weighted by Gasteiger charge is 2.24. The van der Waals surface area contributed by atoms with E-state index in [1.807, 2.05) is 0 Å². The predicted molar refractivity (Wildman–Crippen MR) is 88.7 cm³/mol.